The van der Waals surface area contributed by atoms with E-state index in [0.29, 0.717) is 50.6 Å². The van der Waals surface area contributed by atoms with E-state index in [1.165, 1.54) is 10.3 Å². The molecule has 7 nitrogen and oxygen atoms in total. The summed E-state index contributed by atoms with van der Waals surface area (Å²) in [6.45, 7) is 1.96. The highest BCUT2D eigenvalue weighted by Gasteiger charge is 2.33. The minimum absolute atomic E-state index is 0.0697. The summed E-state index contributed by atoms with van der Waals surface area (Å²) in [4.78, 5) is 25.3. The summed E-state index contributed by atoms with van der Waals surface area (Å²) in [6, 6.07) is 31.4. The largest absolute Gasteiger partial charge is 0.492 e. The molecule has 0 bridgehead atoms. The molecule has 1 aliphatic heterocycles. The number of hydrogen-bond acceptors (Lipinski definition) is 4. The van der Waals surface area contributed by atoms with Crippen LogP contribution in [0.3, 0.4) is 0 Å². The molecule has 1 aliphatic rings. The fourth-order valence-electron chi connectivity index (χ4n) is 5.01. The van der Waals surface area contributed by atoms with Gasteiger partial charge in [0.2, 0.25) is 0 Å². The number of carboxylic acid groups (broad SMARTS) is 1. The molecule has 1 saturated heterocycles. The molecule has 39 heavy (non-hydrogen) atoms. The van der Waals surface area contributed by atoms with Gasteiger partial charge in [-0.1, -0.05) is 66.7 Å². The van der Waals surface area contributed by atoms with Crippen molar-refractivity contribution in [1.29, 1.82) is 0 Å². The number of benzene rings is 4. The van der Waals surface area contributed by atoms with Gasteiger partial charge in [0.1, 0.15) is 12.4 Å². The van der Waals surface area contributed by atoms with Gasteiger partial charge in [-0.05, 0) is 58.7 Å². The average molecular weight is 525 g/mol. The first-order valence-electron chi connectivity index (χ1n) is 13.2. The van der Waals surface area contributed by atoms with Crippen LogP contribution in [-0.4, -0.2) is 54.4 Å². The maximum absolute atomic E-state index is 12.2. The van der Waals surface area contributed by atoms with Crippen molar-refractivity contribution in [3.63, 3.8) is 0 Å². The highest BCUT2D eigenvalue weighted by Crippen LogP contribution is 2.32. The molecule has 1 fully saturated rings. The second-order valence-corrected chi connectivity index (χ2v) is 9.69. The zero-order chi connectivity index (χ0) is 27.0. The van der Waals surface area contributed by atoms with E-state index in [-0.39, 0.29) is 17.9 Å². The van der Waals surface area contributed by atoms with E-state index in [2.05, 4.69) is 35.6 Å². The van der Waals surface area contributed by atoms with Gasteiger partial charge in [-0.25, -0.2) is 4.79 Å². The molecular formula is C32H32N2O5. The number of nitrogens with one attached hydrogen (secondary N) is 1. The minimum atomic E-state index is -0.921. The van der Waals surface area contributed by atoms with Crippen LogP contribution < -0.4 is 10.1 Å². The third kappa shape index (κ3) is 6.75. The second-order valence-electron chi connectivity index (χ2n) is 9.69. The van der Waals surface area contributed by atoms with Crippen LogP contribution in [0.1, 0.15) is 33.8 Å². The zero-order valence-corrected chi connectivity index (χ0v) is 21.7. The van der Waals surface area contributed by atoms with Crippen LogP contribution >= 0.6 is 0 Å². The van der Waals surface area contributed by atoms with Crippen molar-refractivity contribution in [2.45, 2.75) is 25.0 Å². The van der Waals surface area contributed by atoms with Crippen molar-refractivity contribution in [2.24, 2.45) is 0 Å². The van der Waals surface area contributed by atoms with E-state index in [1.807, 2.05) is 54.6 Å². The van der Waals surface area contributed by atoms with E-state index < -0.39 is 6.09 Å². The molecule has 7 heteroatoms. The monoisotopic (exact) mass is 524 g/mol. The lowest BCUT2D eigenvalue weighted by molar-refractivity contribution is -0.0199. The molecule has 2 unspecified atom stereocenters. The van der Waals surface area contributed by atoms with Crippen LogP contribution in [0.15, 0.2) is 97.1 Å². The van der Waals surface area contributed by atoms with E-state index in [4.69, 9.17) is 9.47 Å². The Hall–Kier alpha value is -4.36. The van der Waals surface area contributed by atoms with Crippen LogP contribution in [0.5, 0.6) is 5.75 Å². The Labute approximate surface area is 228 Å². The molecule has 0 radical (unpaired) electrons. The van der Waals surface area contributed by atoms with Crippen LogP contribution in [0.2, 0.25) is 0 Å². The summed E-state index contributed by atoms with van der Waals surface area (Å²) >= 11 is 0. The highest BCUT2D eigenvalue weighted by atomic mass is 16.5. The number of amides is 2. The molecule has 5 rings (SSSR count). The predicted molar refractivity (Wildman–Crippen MR) is 150 cm³/mol. The Morgan fingerprint density at radius 2 is 1.64 bits per heavy atom. The smallest absolute Gasteiger partial charge is 0.407 e. The summed E-state index contributed by atoms with van der Waals surface area (Å²) < 4.78 is 12.2. The molecule has 4 aromatic rings. The molecule has 2 atom stereocenters. The summed E-state index contributed by atoms with van der Waals surface area (Å²) in [5.74, 6) is 0.654. The number of carbonyl (C=O) groups is 2. The summed E-state index contributed by atoms with van der Waals surface area (Å²) in [6.07, 6.45) is -0.502. The molecule has 200 valence electrons. The van der Waals surface area contributed by atoms with Gasteiger partial charge < -0.3 is 24.8 Å². The third-order valence-electron chi connectivity index (χ3n) is 7.11. The Bertz CT molecular complexity index is 1410. The topological polar surface area (TPSA) is 88.1 Å². The van der Waals surface area contributed by atoms with Crippen molar-refractivity contribution in [3.8, 4) is 5.75 Å². The Morgan fingerprint density at radius 3 is 2.41 bits per heavy atom. The number of hydrogen-bond donors (Lipinski definition) is 2. The molecule has 0 spiro atoms. The van der Waals surface area contributed by atoms with Crippen molar-refractivity contribution in [2.75, 3.05) is 26.2 Å². The second kappa shape index (κ2) is 12.5. The van der Waals surface area contributed by atoms with Gasteiger partial charge in [0.15, 0.2) is 0 Å². The molecule has 2 amide bonds. The number of rotatable bonds is 9. The Kier molecular flexibility index (Phi) is 8.39. The van der Waals surface area contributed by atoms with Gasteiger partial charge in [0.05, 0.1) is 25.8 Å². The lowest BCUT2D eigenvalue weighted by Crippen LogP contribution is -2.46. The molecule has 1 heterocycles. The van der Waals surface area contributed by atoms with Crippen LogP contribution in [0.4, 0.5) is 4.79 Å². The molecule has 0 aliphatic carbocycles. The predicted octanol–water partition coefficient (Wildman–Crippen LogP) is 5.70. The number of fused-ring (bicyclic) bond motifs is 1. The fourth-order valence-corrected chi connectivity index (χ4v) is 5.01. The first-order chi connectivity index (χ1) is 19.1. The van der Waals surface area contributed by atoms with E-state index >= 15 is 0 Å². The van der Waals surface area contributed by atoms with E-state index in [9.17, 15) is 14.7 Å². The van der Waals surface area contributed by atoms with Crippen LogP contribution in [0, 0.1) is 0 Å². The molecule has 2 N–H and O–H groups in total. The van der Waals surface area contributed by atoms with E-state index in [0.717, 1.165) is 16.5 Å². The van der Waals surface area contributed by atoms with Gasteiger partial charge in [0.25, 0.3) is 5.91 Å². The van der Waals surface area contributed by atoms with Crippen LogP contribution in [-0.2, 0) is 11.3 Å². The SMILES string of the molecule is O=C(NCCOc1ccc(C2CCN(C(=O)O)CC2OCc2ccc3ccccc3c2)cc1)c1ccccc1. The summed E-state index contributed by atoms with van der Waals surface area (Å²) in [5.41, 5.74) is 2.77. The Balaban J connectivity index is 1.18. The zero-order valence-electron chi connectivity index (χ0n) is 21.7. The molecule has 0 aromatic heterocycles. The molecule has 4 aromatic carbocycles. The lowest BCUT2D eigenvalue weighted by Gasteiger charge is -2.37. The van der Waals surface area contributed by atoms with Gasteiger partial charge in [-0.15, -0.1) is 0 Å². The maximum atomic E-state index is 12.2. The summed E-state index contributed by atoms with van der Waals surface area (Å²) in [5, 5.41) is 14.8. The standard InChI is InChI=1S/C32H32N2O5/c35-31(26-7-2-1-3-8-26)33-17-19-38-28-14-12-25(13-15-28)29-16-18-34(32(36)37)21-30(29)39-22-23-10-11-24-6-4-5-9-27(24)20-23/h1-15,20,29-30H,16-19,21-22H2,(H,33,35)(H,36,37). The van der Waals surface area contributed by atoms with Gasteiger partial charge in [-0.3, -0.25) is 4.79 Å². The lowest BCUT2D eigenvalue weighted by atomic mass is 9.87. The van der Waals surface area contributed by atoms with Gasteiger partial charge in [-0.2, -0.15) is 0 Å². The normalized spacial score (nSPS) is 17.1. The van der Waals surface area contributed by atoms with Crippen molar-refractivity contribution in [3.05, 3.63) is 114 Å². The summed E-state index contributed by atoms with van der Waals surface area (Å²) in [7, 11) is 0. The minimum Gasteiger partial charge on any atom is -0.492 e. The number of ether oxygens (including phenoxy) is 2. The van der Waals surface area contributed by atoms with Crippen molar-refractivity contribution < 1.29 is 24.2 Å². The number of piperidine rings is 1. The van der Waals surface area contributed by atoms with Crippen molar-refractivity contribution in [1.82, 2.24) is 10.2 Å². The van der Waals surface area contributed by atoms with E-state index in [1.54, 1.807) is 12.1 Å². The molecule has 0 saturated carbocycles. The quantitative estimate of drug-likeness (QED) is 0.274. The first-order valence-corrected chi connectivity index (χ1v) is 13.2. The van der Waals surface area contributed by atoms with Gasteiger partial charge >= 0.3 is 6.09 Å². The highest BCUT2D eigenvalue weighted by molar-refractivity contribution is 5.94. The fraction of sp³-hybridized carbons (Fsp3) is 0.250. The number of carbonyl (C=O) groups excluding carboxylic acids is 1. The maximum Gasteiger partial charge on any atom is 0.407 e. The third-order valence-corrected chi connectivity index (χ3v) is 7.11. The molecular weight excluding hydrogens is 492 g/mol. The first kappa shape index (κ1) is 26.3. The Morgan fingerprint density at radius 1 is 0.897 bits per heavy atom. The number of likely N-dealkylation sites (tertiary alicyclic amines) is 1. The van der Waals surface area contributed by atoms with Crippen molar-refractivity contribution >= 4 is 22.8 Å². The van der Waals surface area contributed by atoms with Crippen LogP contribution in [0.25, 0.3) is 10.8 Å². The van der Waals surface area contributed by atoms with Gasteiger partial charge in [0, 0.05) is 18.0 Å². The number of nitrogens with zero attached hydrogens (tertiary/aromatic N) is 1. The average Bonchev–Trinajstić information content (AvgIpc) is 2.98.